The van der Waals surface area contributed by atoms with Crippen LogP contribution >= 0.6 is 0 Å². The number of hydrogen-bond acceptors (Lipinski definition) is 2. The van der Waals surface area contributed by atoms with E-state index in [0.717, 1.165) is 19.3 Å². The quantitative estimate of drug-likeness (QED) is 0.424. The summed E-state index contributed by atoms with van der Waals surface area (Å²) in [6, 6.07) is 0. The van der Waals surface area contributed by atoms with Crippen molar-refractivity contribution in [2.75, 3.05) is 13.2 Å². The summed E-state index contributed by atoms with van der Waals surface area (Å²) >= 11 is 0. The first kappa shape index (κ1) is 18.6. The van der Waals surface area contributed by atoms with Crippen molar-refractivity contribution >= 4 is 0 Å². The van der Waals surface area contributed by atoms with Gasteiger partial charge >= 0.3 is 12.4 Å². The van der Waals surface area contributed by atoms with Gasteiger partial charge in [-0.05, 0) is 43.4 Å². The van der Waals surface area contributed by atoms with Crippen LogP contribution in [0.4, 0.5) is 26.3 Å². The van der Waals surface area contributed by atoms with Gasteiger partial charge in [-0.2, -0.15) is 26.3 Å². The molecule has 0 aromatic rings. The Labute approximate surface area is 130 Å². The third-order valence-corrected chi connectivity index (χ3v) is 4.78. The molecule has 1 fully saturated rings. The average molecular weight is 346 g/mol. The maximum Gasteiger partial charge on any atom is 0.428 e. The highest BCUT2D eigenvalue weighted by atomic mass is 19.4. The summed E-state index contributed by atoms with van der Waals surface area (Å²) in [5, 5.41) is 8.90. The molecule has 1 N–H and O–H groups in total. The summed E-state index contributed by atoms with van der Waals surface area (Å²) in [6.07, 6.45) is -2.99. The van der Waals surface area contributed by atoms with Gasteiger partial charge in [0.2, 0.25) is 0 Å². The second-order valence-corrected chi connectivity index (χ2v) is 6.44. The molecule has 2 bridgehead atoms. The summed E-state index contributed by atoms with van der Waals surface area (Å²) in [4.78, 5) is 0. The van der Waals surface area contributed by atoms with Crippen LogP contribution in [0.2, 0.25) is 0 Å². The number of aliphatic hydroxyl groups is 1. The minimum atomic E-state index is -5.82. The van der Waals surface area contributed by atoms with E-state index in [0.29, 0.717) is 30.6 Å². The molecule has 0 aromatic carbocycles. The summed E-state index contributed by atoms with van der Waals surface area (Å²) < 4.78 is 78.9. The van der Waals surface area contributed by atoms with Crippen LogP contribution in [0, 0.1) is 17.8 Å². The summed E-state index contributed by atoms with van der Waals surface area (Å²) in [5.41, 5.74) is -4.81. The second-order valence-electron chi connectivity index (χ2n) is 6.44. The van der Waals surface area contributed by atoms with Crippen LogP contribution in [-0.4, -0.2) is 36.3 Å². The number of rotatable bonds is 7. The van der Waals surface area contributed by atoms with Gasteiger partial charge in [0.15, 0.2) is 0 Å². The van der Waals surface area contributed by atoms with Crippen LogP contribution in [0.3, 0.4) is 0 Å². The average Bonchev–Trinajstić information content (AvgIpc) is 3.02. The Morgan fingerprint density at radius 1 is 0.957 bits per heavy atom. The lowest BCUT2D eigenvalue weighted by molar-refractivity contribution is -0.378. The van der Waals surface area contributed by atoms with Gasteiger partial charge in [0.25, 0.3) is 5.60 Å². The lowest BCUT2D eigenvalue weighted by Gasteiger charge is -2.31. The van der Waals surface area contributed by atoms with Gasteiger partial charge in [-0.15, -0.1) is 0 Å². The lowest BCUT2D eigenvalue weighted by atomic mass is 9.89. The predicted molar refractivity (Wildman–Crippen MR) is 70.6 cm³/mol. The van der Waals surface area contributed by atoms with E-state index in [-0.39, 0.29) is 6.61 Å². The Kier molecular flexibility index (Phi) is 5.35. The molecule has 134 valence electrons. The van der Waals surface area contributed by atoms with Gasteiger partial charge in [-0.1, -0.05) is 18.6 Å². The number of allylic oxidation sites excluding steroid dienone is 2. The molecular weight excluding hydrogens is 326 g/mol. The van der Waals surface area contributed by atoms with Crippen LogP contribution < -0.4 is 0 Å². The number of halogens is 6. The van der Waals surface area contributed by atoms with Gasteiger partial charge in [0.05, 0.1) is 6.61 Å². The molecule has 2 aliphatic carbocycles. The van der Waals surface area contributed by atoms with Gasteiger partial charge in [0, 0.05) is 6.61 Å². The predicted octanol–water partition coefficient (Wildman–Crippen LogP) is 4.24. The van der Waals surface area contributed by atoms with Crippen LogP contribution in [0.1, 0.15) is 32.1 Å². The number of alkyl halides is 6. The lowest BCUT2D eigenvalue weighted by Crippen LogP contribution is -2.60. The van der Waals surface area contributed by atoms with E-state index in [4.69, 9.17) is 5.11 Å². The summed E-state index contributed by atoms with van der Waals surface area (Å²) in [6.45, 7) is -2.05. The molecule has 1 saturated carbocycles. The molecule has 8 heteroatoms. The fourth-order valence-electron chi connectivity index (χ4n) is 3.38. The zero-order valence-corrected chi connectivity index (χ0v) is 12.5. The Bertz CT molecular complexity index is 415. The minimum Gasteiger partial charge on any atom is -0.378 e. The van der Waals surface area contributed by atoms with Crippen LogP contribution in [0.15, 0.2) is 12.2 Å². The van der Waals surface area contributed by atoms with Gasteiger partial charge in [-0.25, -0.2) is 0 Å². The first-order valence-electron chi connectivity index (χ1n) is 7.66. The van der Waals surface area contributed by atoms with Crippen LogP contribution in [0.5, 0.6) is 0 Å². The van der Waals surface area contributed by atoms with E-state index in [9.17, 15) is 26.3 Å². The number of unbranched alkanes of at least 4 members (excludes halogenated alkanes) is 1. The van der Waals surface area contributed by atoms with E-state index < -0.39 is 24.6 Å². The van der Waals surface area contributed by atoms with Gasteiger partial charge in [-0.3, -0.25) is 0 Å². The largest absolute Gasteiger partial charge is 0.428 e. The molecule has 0 radical (unpaired) electrons. The van der Waals surface area contributed by atoms with E-state index in [1.807, 2.05) is 0 Å². The fourth-order valence-corrected chi connectivity index (χ4v) is 3.38. The highest BCUT2D eigenvalue weighted by Crippen LogP contribution is 2.45. The molecule has 0 aromatic heterocycles. The molecule has 3 atom stereocenters. The third-order valence-electron chi connectivity index (χ3n) is 4.78. The van der Waals surface area contributed by atoms with E-state index >= 15 is 0 Å². The van der Waals surface area contributed by atoms with E-state index in [2.05, 4.69) is 16.9 Å². The molecule has 23 heavy (non-hydrogen) atoms. The van der Waals surface area contributed by atoms with Crippen molar-refractivity contribution in [3.05, 3.63) is 12.2 Å². The van der Waals surface area contributed by atoms with Crippen molar-refractivity contribution < 1.29 is 36.2 Å². The molecule has 2 aliphatic rings. The Morgan fingerprint density at radius 2 is 1.61 bits per heavy atom. The summed E-state index contributed by atoms with van der Waals surface area (Å²) in [5.74, 6) is 1.77. The van der Waals surface area contributed by atoms with Crippen LogP contribution in [0.25, 0.3) is 0 Å². The van der Waals surface area contributed by atoms with Gasteiger partial charge < -0.3 is 9.84 Å². The zero-order chi connectivity index (χ0) is 17.3. The smallest absolute Gasteiger partial charge is 0.378 e. The SMILES string of the molecule is OC(COCCCCC1CC2C=CC1C2)(C(F)(F)F)C(F)(F)F. The molecule has 2 rings (SSSR count). The van der Waals surface area contributed by atoms with Crippen molar-refractivity contribution in [2.45, 2.75) is 50.1 Å². The standard InChI is InChI=1S/C15H20F6O2/c16-14(17,18)13(22,15(19,20)21)9-23-6-2-1-3-11-7-10-4-5-12(11)8-10/h4-5,10-12,22H,1-3,6-9H2. The topological polar surface area (TPSA) is 29.5 Å². The molecule has 0 saturated heterocycles. The highest BCUT2D eigenvalue weighted by molar-refractivity contribution is 5.09. The molecule has 0 spiro atoms. The van der Waals surface area contributed by atoms with Gasteiger partial charge in [0.1, 0.15) is 0 Å². The van der Waals surface area contributed by atoms with Crippen molar-refractivity contribution in [1.82, 2.24) is 0 Å². The second kappa shape index (κ2) is 6.63. The Hall–Kier alpha value is -0.760. The van der Waals surface area contributed by atoms with Crippen molar-refractivity contribution in [2.24, 2.45) is 17.8 Å². The maximum atomic E-state index is 12.4. The minimum absolute atomic E-state index is 0.231. The molecule has 0 heterocycles. The number of ether oxygens (including phenoxy) is 1. The highest BCUT2D eigenvalue weighted by Gasteiger charge is 2.70. The van der Waals surface area contributed by atoms with E-state index in [1.165, 1.54) is 0 Å². The first-order valence-corrected chi connectivity index (χ1v) is 7.66. The third kappa shape index (κ3) is 4.02. The number of hydrogen-bond donors (Lipinski definition) is 1. The molecular formula is C15H20F6O2. The Balaban J connectivity index is 1.67. The maximum absolute atomic E-state index is 12.4. The Morgan fingerprint density at radius 3 is 2.09 bits per heavy atom. The van der Waals surface area contributed by atoms with E-state index in [1.54, 1.807) is 0 Å². The monoisotopic (exact) mass is 346 g/mol. The molecule has 0 amide bonds. The van der Waals surface area contributed by atoms with Crippen molar-refractivity contribution in [3.63, 3.8) is 0 Å². The number of fused-ring (bicyclic) bond motifs is 2. The fraction of sp³-hybridized carbons (Fsp3) is 0.867. The van der Waals surface area contributed by atoms with Crippen LogP contribution in [-0.2, 0) is 4.74 Å². The summed E-state index contributed by atoms with van der Waals surface area (Å²) in [7, 11) is 0. The van der Waals surface area contributed by atoms with Crippen molar-refractivity contribution in [1.29, 1.82) is 0 Å². The normalized spacial score (nSPS) is 27.9. The molecule has 2 nitrogen and oxygen atoms in total. The van der Waals surface area contributed by atoms with Crippen molar-refractivity contribution in [3.8, 4) is 0 Å². The molecule has 0 aliphatic heterocycles. The zero-order valence-electron chi connectivity index (χ0n) is 12.5. The first-order chi connectivity index (χ1) is 10.5. The molecule has 3 unspecified atom stereocenters.